The van der Waals surface area contributed by atoms with Crippen molar-refractivity contribution < 1.29 is 9.13 Å². The summed E-state index contributed by atoms with van der Waals surface area (Å²) in [6.07, 6.45) is 4.95. The van der Waals surface area contributed by atoms with Crippen molar-refractivity contribution in [2.75, 3.05) is 4.72 Å². The topological polar surface area (TPSA) is 99.5 Å². The molecule has 10 heteroatoms. The molecular weight excluding hydrogens is 471 g/mol. The highest BCUT2D eigenvalue weighted by molar-refractivity contribution is 8.00. The lowest BCUT2D eigenvalue weighted by Crippen LogP contribution is -1.95. The predicted molar refractivity (Wildman–Crippen MR) is 130 cm³/mol. The van der Waals surface area contributed by atoms with Crippen LogP contribution in [0.1, 0.15) is 5.56 Å². The molecule has 2 aromatic carbocycles. The van der Waals surface area contributed by atoms with Gasteiger partial charge in [0, 0.05) is 33.2 Å². The molecule has 2 N–H and O–H groups in total. The maximum atomic E-state index is 13.7. The van der Waals surface area contributed by atoms with E-state index in [0.717, 1.165) is 16.3 Å². The Morgan fingerprint density at radius 1 is 1.06 bits per heavy atom. The molecule has 0 amide bonds. The number of nitrogens with one attached hydrogen (secondary N) is 2. The maximum absolute atomic E-state index is 13.7. The summed E-state index contributed by atoms with van der Waals surface area (Å²) in [6, 6.07) is 15.6. The first kappa shape index (κ1) is 21.6. The largest absolute Gasteiger partial charge is 0.454 e. The van der Waals surface area contributed by atoms with E-state index >= 15 is 0 Å². The fourth-order valence-corrected chi connectivity index (χ4v) is 4.40. The van der Waals surface area contributed by atoms with E-state index in [-0.39, 0.29) is 5.82 Å². The Hall–Kier alpha value is -4.20. The van der Waals surface area contributed by atoms with E-state index in [2.05, 4.69) is 31.0 Å². The lowest BCUT2D eigenvalue weighted by Gasteiger charge is -2.13. The summed E-state index contributed by atoms with van der Waals surface area (Å²) in [4.78, 5) is 9.48. The van der Waals surface area contributed by atoms with E-state index in [4.69, 9.17) is 4.74 Å². The number of thiazole rings is 1. The molecule has 0 saturated heterocycles. The van der Waals surface area contributed by atoms with E-state index < -0.39 is 0 Å². The minimum Gasteiger partial charge on any atom is -0.454 e. The molecule has 0 radical (unpaired) electrons. The first-order valence-corrected chi connectivity index (χ1v) is 11.7. The van der Waals surface area contributed by atoms with Crippen molar-refractivity contribution in [1.82, 2.24) is 20.2 Å². The summed E-state index contributed by atoms with van der Waals surface area (Å²) in [7, 11) is 0. The lowest BCUT2D eigenvalue weighted by molar-refractivity contribution is 0.480. The first-order valence-electron chi connectivity index (χ1n) is 9.98. The summed E-state index contributed by atoms with van der Waals surface area (Å²) < 4.78 is 23.0. The number of aromatic amines is 1. The van der Waals surface area contributed by atoms with Crippen LogP contribution in [-0.2, 0) is 0 Å². The Labute approximate surface area is 202 Å². The average molecular weight is 487 g/mol. The molecule has 0 spiro atoms. The van der Waals surface area contributed by atoms with Gasteiger partial charge in [-0.05, 0) is 48.3 Å². The van der Waals surface area contributed by atoms with Gasteiger partial charge in [-0.3, -0.25) is 10.1 Å². The van der Waals surface area contributed by atoms with Crippen molar-refractivity contribution in [3.05, 3.63) is 89.4 Å². The second kappa shape index (κ2) is 9.74. The van der Waals surface area contributed by atoms with Gasteiger partial charge in [0.25, 0.3) is 0 Å². The number of halogens is 1. The van der Waals surface area contributed by atoms with Crippen LogP contribution in [0.3, 0.4) is 0 Å². The van der Waals surface area contributed by atoms with Crippen LogP contribution in [0.2, 0.25) is 0 Å². The molecule has 34 heavy (non-hydrogen) atoms. The second-order valence-electron chi connectivity index (χ2n) is 7.01. The number of nitriles is 1. The number of hydrogen-bond donors (Lipinski definition) is 2. The number of benzene rings is 2. The van der Waals surface area contributed by atoms with Gasteiger partial charge in [0.1, 0.15) is 23.5 Å². The molecule has 166 valence electrons. The quantitative estimate of drug-likeness (QED) is 0.253. The zero-order valence-electron chi connectivity index (χ0n) is 17.4. The number of hydrogen-bond acceptors (Lipinski definition) is 8. The molecule has 3 aromatic heterocycles. The SMILES string of the molecule is N#Cc1cc(SNc2cscn2)ccc1Oc1cnc(-c2cccc(F)c2)cc1-c1cn[nH]c1. The smallest absolute Gasteiger partial charge is 0.153 e. The molecule has 0 fully saturated rings. The van der Waals surface area contributed by atoms with Gasteiger partial charge in [-0.1, -0.05) is 12.1 Å². The summed E-state index contributed by atoms with van der Waals surface area (Å²) in [5, 5.41) is 18.4. The Morgan fingerprint density at radius 3 is 2.76 bits per heavy atom. The van der Waals surface area contributed by atoms with Gasteiger partial charge >= 0.3 is 0 Å². The Bertz CT molecular complexity index is 1470. The summed E-state index contributed by atoms with van der Waals surface area (Å²) in [5.41, 5.74) is 4.82. The van der Waals surface area contributed by atoms with Crippen molar-refractivity contribution in [2.45, 2.75) is 4.90 Å². The van der Waals surface area contributed by atoms with Gasteiger partial charge in [-0.15, -0.1) is 11.3 Å². The van der Waals surface area contributed by atoms with Crippen LogP contribution in [-0.4, -0.2) is 20.2 Å². The average Bonchev–Trinajstić information content (AvgIpc) is 3.58. The molecule has 0 bridgehead atoms. The lowest BCUT2D eigenvalue weighted by atomic mass is 10.0. The van der Waals surface area contributed by atoms with E-state index in [9.17, 15) is 9.65 Å². The normalized spacial score (nSPS) is 10.6. The highest BCUT2D eigenvalue weighted by Crippen LogP contribution is 2.37. The molecule has 0 aliphatic carbocycles. The zero-order chi connectivity index (χ0) is 23.3. The number of H-pyrrole nitrogens is 1. The molecule has 0 unspecified atom stereocenters. The van der Waals surface area contributed by atoms with Gasteiger partial charge in [0.15, 0.2) is 5.75 Å². The Balaban J connectivity index is 1.46. The van der Waals surface area contributed by atoms with Gasteiger partial charge in [-0.2, -0.15) is 10.4 Å². The third-order valence-electron chi connectivity index (χ3n) is 4.79. The summed E-state index contributed by atoms with van der Waals surface area (Å²) in [6.45, 7) is 0. The first-order chi connectivity index (χ1) is 16.7. The van der Waals surface area contributed by atoms with Gasteiger partial charge in [-0.25, -0.2) is 9.37 Å². The fourth-order valence-electron chi connectivity index (χ4n) is 3.20. The fraction of sp³-hybridized carbons (Fsp3) is 0. The number of aromatic nitrogens is 4. The number of rotatable bonds is 7. The van der Waals surface area contributed by atoms with Crippen LogP contribution in [0.5, 0.6) is 11.5 Å². The van der Waals surface area contributed by atoms with E-state index in [1.54, 1.807) is 48.4 Å². The van der Waals surface area contributed by atoms with Gasteiger partial charge in [0.2, 0.25) is 0 Å². The minimum atomic E-state index is -0.342. The van der Waals surface area contributed by atoms with E-state index in [0.29, 0.717) is 33.9 Å². The molecular formula is C24H15FN6OS2. The van der Waals surface area contributed by atoms with E-state index in [1.807, 2.05) is 17.5 Å². The minimum absolute atomic E-state index is 0.342. The summed E-state index contributed by atoms with van der Waals surface area (Å²) >= 11 is 2.85. The van der Waals surface area contributed by atoms with Crippen LogP contribution < -0.4 is 9.46 Å². The van der Waals surface area contributed by atoms with Crippen LogP contribution >= 0.6 is 23.3 Å². The molecule has 0 aliphatic rings. The monoisotopic (exact) mass is 486 g/mol. The zero-order valence-corrected chi connectivity index (χ0v) is 19.0. The number of anilines is 1. The molecule has 0 saturated carbocycles. The van der Waals surface area contributed by atoms with Crippen LogP contribution in [0.4, 0.5) is 10.2 Å². The number of ether oxygens (including phenoxy) is 1. The van der Waals surface area contributed by atoms with Gasteiger partial charge < -0.3 is 9.46 Å². The van der Waals surface area contributed by atoms with E-state index in [1.165, 1.54) is 35.4 Å². The molecule has 0 atom stereocenters. The van der Waals surface area contributed by atoms with Crippen molar-refractivity contribution in [3.8, 4) is 40.0 Å². The Kier molecular flexibility index (Phi) is 6.20. The Morgan fingerprint density at radius 2 is 2.00 bits per heavy atom. The van der Waals surface area contributed by atoms with Crippen molar-refractivity contribution >= 4 is 29.1 Å². The van der Waals surface area contributed by atoms with Crippen molar-refractivity contribution in [3.63, 3.8) is 0 Å². The maximum Gasteiger partial charge on any atom is 0.153 e. The van der Waals surface area contributed by atoms with Crippen LogP contribution in [0.15, 0.2) is 82.9 Å². The molecule has 5 rings (SSSR count). The van der Waals surface area contributed by atoms with Crippen LogP contribution in [0, 0.1) is 17.1 Å². The molecule has 5 aromatic rings. The molecule has 3 heterocycles. The summed E-state index contributed by atoms with van der Waals surface area (Å²) in [5.74, 6) is 1.25. The second-order valence-corrected chi connectivity index (χ2v) is 8.61. The van der Waals surface area contributed by atoms with Gasteiger partial charge in [0.05, 0.1) is 29.2 Å². The van der Waals surface area contributed by atoms with Crippen molar-refractivity contribution in [2.24, 2.45) is 0 Å². The molecule has 0 aliphatic heterocycles. The third kappa shape index (κ3) is 4.76. The van der Waals surface area contributed by atoms with Crippen molar-refractivity contribution in [1.29, 1.82) is 5.26 Å². The predicted octanol–water partition coefficient (Wildman–Crippen LogP) is 6.52. The molecule has 7 nitrogen and oxygen atoms in total. The highest BCUT2D eigenvalue weighted by Gasteiger charge is 2.15. The number of pyridine rings is 1. The highest BCUT2D eigenvalue weighted by atomic mass is 32.2. The third-order valence-corrected chi connectivity index (χ3v) is 6.18. The standard InChI is InChI=1S/C24H15FN6OS2/c25-18-3-1-2-15(6-18)21-8-20(17-10-29-30-11-17)23(12-27-21)32-22-5-4-19(7-16(22)9-26)34-31-24-13-33-14-28-24/h1-8,10-14,31H,(H,29,30). The number of nitrogens with zero attached hydrogens (tertiary/aromatic N) is 4. The van der Waals surface area contributed by atoms with Crippen LogP contribution in [0.25, 0.3) is 22.4 Å².